The van der Waals surface area contributed by atoms with Crippen molar-refractivity contribution in [2.45, 2.75) is 25.7 Å². The highest BCUT2D eigenvalue weighted by Gasteiger charge is 2.31. The molecule has 0 bridgehead atoms. The second-order valence-corrected chi connectivity index (χ2v) is 9.86. The lowest BCUT2D eigenvalue weighted by Gasteiger charge is -2.33. The van der Waals surface area contributed by atoms with E-state index >= 15 is 0 Å². The van der Waals surface area contributed by atoms with Gasteiger partial charge in [0.1, 0.15) is 5.01 Å². The van der Waals surface area contributed by atoms with Crippen LogP contribution in [0.15, 0.2) is 36.4 Å². The maximum atomic E-state index is 13.0. The maximum Gasteiger partial charge on any atom is 0.263 e. The number of rotatable bonds is 3. The van der Waals surface area contributed by atoms with Gasteiger partial charge in [0.15, 0.2) is 0 Å². The SMILES string of the molecule is O=C(c1ccc(-c2nc3ccccc3s2)s1)N1CCC(C(=O)N2CCCC2)CC1. The zero-order valence-corrected chi connectivity index (χ0v) is 17.8. The Morgan fingerprint density at radius 2 is 1.66 bits per heavy atom. The van der Waals surface area contributed by atoms with E-state index in [2.05, 4.69) is 6.07 Å². The van der Waals surface area contributed by atoms with Crippen LogP contribution in [0.5, 0.6) is 0 Å². The van der Waals surface area contributed by atoms with Gasteiger partial charge in [-0.1, -0.05) is 12.1 Å². The first-order valence-electron chi connectivity index (χ1n) is 10.2. The molecule has 2 aromatic heterocycles. The van der Waals surface area contributed by atoms with Crippen LogP contribution in [0.3, 0.4) is 0 Å². The fourth-order valence-corrected chi connectivity index (χ4v) is 6.22. The topological polar surface area (TPSA) is 53.5 Å². The maximum absolute atomic E-state index is 13.0. The number of carbonyl (C=O) groups excluding carboxylic acids is 2. The van der Waals surface area contributed by atoms with E-state index in [4.69, 9.17) is 4.98 Å². The van der Waals surface area contributed by atoms with E-state index < -0.39 is 0 Å². The molecule has 2 saturated heterocycles. The Balaban J connectivity index is 1.24. The summed E-state index contributed by atoms with van der Waals surface area (Å²) < 4.78 is 1.16. The minimum absolute atomic E-state index is 0.0782. The number of thiazole rings is 1. The molecular formula is C22H23N3O2S2. The average molecular weight is 426 g/mol. The van der Waals surface area contributed by atoms with Gasteiger partial charge in [0.2, 0.25) is 5.91 Å². The predicted octanol–water partition coefficient (Wildman–Crippen LogP) is 4.50. The molecule has 4 heterocycles. The van der Waals surface area contributed by atoms with E-state index in [1.807, 2.05) is 40.1 Å². The van der Waals surface area contributed by atoms with Gasteiger partial charge in [-0.15, -0.1) is 22.7 Å². The van der Waals surface area contributed by atoms with E-state index in [1.165, 1.54) is 11.3 Å². The van der Waals surface area contributed by atoms with Crippen LogP contribution in [0.25, 0.3) is 20.1 Å². The standard InChI is InChI=1S/C22H23N3O2S2/c26-21(24-11-3-4-12-24)15-9-13-25(14-10-15)22(27)19-8-7-18(28-19)20-23-16-5-1-2-6-17(16)29-20/h1-2,5-8,15H,3-4,9-14H2. The highest BCUT2D eigenvalue weighted by Crippen LogP contribution is 2.35. The van der Waals surface area contributed by atoms with Gasteiger partial charge in [-0.25, -0.2) is 4.98 Å². The molecule has 2 fully saturated rings. The molecule has 2 aliphatic heterocycles. The number of thiophene rings is 1. The lowest BCUT2D eigenvalue weighted by molar-refractivity contribution is -0.135. The van der Waals surface area contributed by atoms with Crippen molar-refractivity contribution in [3.8, 4) is 9.88 Å². The Morgan fingerprint density at radius 1 is 0.897 bits per heavy atom. The molecule has 0 spiro atoms. The van der Waals surface area contributed by atoms with Crippen LogP contribution in [-0.2, 0) is 4.79 Å². The molecule has 3 aromatic rings. The molecule has 1 aromatic carbocycles. The number of piperidine rings is 1. The zero-order chi connectivity index (χ0) is 19.8. The largest absolute Gasteiger partial charge is 0.342 e. The Hall–Kier alpha value is -2.25. The van der Waals surface area contributed by atoms with Gasteiger partial charge in [0.25, 0.3) is 5.91 Å². The molecule has 150 valence electrons. The summed E-state index contributed by atoms with van der Waals surface area (Å²) in [6.45, 7) is 3.14. The van der Waals surface area contributed by atoms with Crippen molar-refractivity contribution in [3.63, 3.8) is 0 Å². The van der Waals surface area contributed by atoms with Crippen LogP contribution in [0.2, 0.25) is 0 Å². The number of hydrogen-bond acceptors (Lipinski definition) is 5. The predicted molar refractivity (Wildman–Crippen MR) is 117 cm³/mol. The number of amides is 2. The first kappa shape index (κ1) is 18.8. The molecule has 5 nitrogen and oxygen atoms in total. The van der Waals surface area contributed by atoms with E-state index in [1.54, 1.807) is 11.3 Å². The molecule has 7 heteroatoms. The first-order valence-corrected chi connectivity index (χ1v) is 11.9. The third kappa shape index (κ3) is 3.69. The van der Waals surface area contributed by atoms with Crippen molar-refractivity contribution < 1.29 is 9.59 Å². The van der Waals surface area contributed by atoms with Crippen LogP contribution < -0.4 is 0 Å². The Kier molecular flexibility index (Phi) is 5.09. The van der Waals surface area contributed by atoms with Gasteiger partial charge < -0.3 is 9.80 Å². The van der Waals surface area contributed by atoms with E-state index in [-0.39, 0.29) is 11.8 Å². The van der Waals surface area contributed by atoms with Crippen LogP contribution >= 0.6 is 22.7 Å². The van der Waals surface area contributed by atoms with Gasteiger partial charge in [-0.3, -0.25) is 9.59 Å². The summed E-state index contributed by atoms with van der Waals surface area (Å²) in [5, 5.41) is 0.963. The Labute approximate surface area is 178 Å². The number of aromatic nitrogens is 1. The second-order valence-electron chi connectivity index (χ2n) is 7.75. The van der Waals surface area contributed by atoms with Gasteiger partial charge in [0, 0.05) is 32.1 Å². The van der Waals surface area contributed by atoms with Crippen LogP contribution in [-0.4, -0.2) is 52.8 Å². The summed E-state index contributed by atoms with van der Waals surface area (Å²) in [6.07, 6.45) is 3.80. The van der Waals surface area contributed by atoms with E-state index in [0.717, 1.165) is 63.8 Å². The highest BCUT2D eigenvalue weighted by atomic mass is 32.1. The summed E-state index contributed by atoms with van der Waals surface area (Å²) in [6, 6.07) is 12.0. The molecule has 2 aliphatic rings. The first-order chi connectivity index (χ1) is 14.2. The normalized spacial score (nSPS) is 17.9. The van der Waals surface area contributed by atoms with Gasteiger partial charge >= 0.3 is 0 Å². The average Bonchev–Trinajstić information content (AvgIpc) is 3.52. The van der Waals surface area contributed by atoms with Crippen molar-refractivity contribution in [1.82, 2.24) is 14.8 Å². The second kappa shape index (κ2) is 7.88. The Morgan fingerprint density at radius 3 is 2.41 bits per heavy atom. The molecule has 0 radical (unpaired) electrons. The molecular weight excluding hydrogens is 402 g/mol. The number of carbonyl (C=O) groups is 2. The minimum Gasteiger partial charge on any atom is -0.342 e. The lowest BCUT2D eigenvalue weighted by atomic mass is 9.95. The van der Waals surface area contributed by atoms with Crippen molar-refractivity contribution in [2.24, 2.45) is 5.92 Å². The summed E-state index contributed by atoms with van der Waals surface area (Å²) >= 11 is 3.17. The van der Waals surface area contributed by atoms with Crippen molar-refractivity contribution in [2.75, 3.05) is 26.2 Å². The van der Waals surface area contributed by atoms with Gasteiger partial charge in [-0.2, -0.15) is 0 Å². The van der Waals surface area contributed by atoms with Crippen LogP contribution in [0.4, 0.5) is 0 Å². The fourth-order valence-electron chi connectivity index (χ4n) is 4.23. The van der Waals surface area contributed by atoms with Crippen molar-refractivity contribution >= 4 is 44.7 Å². The number of fused-ring (bicyclic) bond motifs is 1. The number of benzene rings is 1. The fraction of sp³-hybridized carbons (Fsp3) is 0.409. The van der Waals surface area contributed by atoms with Gasteiger partial charge in [0.05, 0.1) is 20.0 Å². The third-order valence-electron chi connectivity index (χ3n) is 5.87. The summed E-state index contributed by atoms with van der Waals surface area (Å²) in [5.41, 5.74) is 0.999. The van der Waals surface area contributed by atoms with Crippen molar-refractivity contribution in [3.05, 3.63) is 41.3 Å². The number of likely N-dealkylation sites (tertiary alicyclic amines) is 2. The molecule has 0 saturated carbocycles. The lowest BCUT2D eigenvalue weighted by Crippen LogP contribution is -2.43. The van der Waals surface area contributed by atoms with Crippen LogP contribution in [0.1, 0.15) is 35.4 Å². The van der Waals surface area contributed by atoms with E-state index in [0.29, 0.717) is 19.0 Å². The summed E-state index contributed by atoms with van der Waals surface area (Å²) in [7, 11) is 0. The third-order valence-corrected chi connectivity index (χ3v) is 8.15. The number of nitrogens with zero attached hydrogens (tertiary/aromatic N) is 3. The molecule has 2 amide bonds. The molecule has 29 heavy (non-hydrogen) atoms. The summed E-state index contributed by atoms with van der Waals surface area (Å²) in [5.74, 6) is 0.456. The molecule has 0 N–H and O–H groups in total. The minimum atomic E-state index is 0.0782. The van der Waals surface area contributed by atoms with Crippen molar-refractivity contribution in [1.29, 1.82) is 0 Å². The van der Waals surface area contributed by atoms with Gasteiger partial charge in [-0.05, 0) is 49.9 Å². The smallest absolute Gasteiger partial charge is 0.263 e. The quantitative estimate of drug-likeness (QED) is 0.621. The molecule has 5 rings (SSSR count). The molecule has 0 unspecified atom stereocenters. The highest BCUT2D eigenvalue weighted by molar-refractivity contribution is 7.26. The Bertz CT molecular complexity index is 1010. The number of hydrogen-bond donors (Lipinski definition) is 0. The monoisotopic (exact) mass is 425 g/mol. The molecule has 0 aliphatic carbocycles. The summed E-state index contributed by atoms with van der Waals surface area (Å²) in [4.78, 5) is 36.0. The number of para-hydroxylation sites is 1. The van der Waals surface area contributed by atoms with E-state index in [9.17, 15) is 9.59 Å². The zero-order valence-electron chi connectivity index (χ0n) is 16.2. The van der Waals surface area contributed by atoms with Crippen LogP contribution in [0, 0.1) is 5.92 Å². The molecule has 0 atom stereocenters.